The minimum atomic E-state index is -1.08. The highest BCUT2D eigenvalue weighted by Crippen LogP contribution is 2.25. The van der Waals surface area contributed by atoms with Crippen molar-refractivity contribution >= 4 is 29.1 Å². The summed E-state index contributed by atoms with van der Waals surface area (Å²) in [6.45, 7) is 0.200. The molecule has 0 saturated carbocycles. The van der Waals surface area contributed by atoms with Crippen molar-refractivity contribution < 1.29 is 14.6 Å². The average Bonchev–Trinajstić information content (AvgIpc) is 2.25. The van der Waals surface area contributed by atoms with E-state index in [2.05, 4.69) is 10.6 Å². The first-order valence-electron chi connectivity index (χ1n) is 4.73. The van der Waals surface area contributed by atoms with Gasteiger partial charge >= 0.3 is 6.09 Å². The van der Waals surface area contributed by atoms with E-state index in [1.165, 1.54) is 7.11 Å². The maximum atomic E-state index is 10.4. The maximum absolute atomic E-state index is 10.4. The lowest BCUT2D eigenvalue weighted by Gasteiger charge is -2.11. The second-order valence-electron chi connectivity index (χ2n) is 3.18. The van der Waals surface area contributed by atoms with Crippen molar-refractivity contribution in [2.45, 2.75) is 6.54 Å². The molecule has 1 rings (SSSR count). The van der Waals surface area contributed by atoms with Gasteiger partial charge in [0.05, 0.1) is 12.8 Å². The molecule has 0 fully saturated rings. The molecule has 92 valence electrons. The van der Waals surface area contributed by atoms with E-state index in [0.29, 0.717) is 11.4 Å². The van der Waals surface area contributed by atoms with Crippen LogP contribution in [-0.4, -0.2) is 23.4 Å². The number of anilines is 1. The number of nitrogens with two attached hydrogens (primary N) is 1. The zero-order valence-corrected chi connectivity index (χ0v) is 10.0. The van der Waals surface area contributed by atoms with Crippen LogP contribution in [-0.2, 0) is 6.54 Å². The van der Waals surface area contributed by atoms with Crippen LogP contribution in [0.15, 0.2) is 18.2 Å². The quantitative estimate of drug-likeness (QED) is 0.602. The predicted octanol–water partition coefficient (Wildman–Crippen LogP) is 1.12. The molecule has 17 heavy (non-hydrogen) atoms. The zero-order chi connectivity index (χ0) is 12.8. The minimum absolute atomic E-state index is 0.117. The fraction of sp³-hybridized carbons (Fsp3) is 0.200. The Balaban J connectivity index is 2.87. The highest BCUT2D eigenvalue weighted by molar-refractivity contribution is 7.80. The Morgan fingerprint density at radius 3 is 2.82 bits per heavy atom. The third-order valence-corrected chi connectivity index (χ3v) is 2.07. The molecular weight excluding hydrogens is 242 g/mol. The molecule has 0 aliphatic rings. The number of thiocarbonyl (C=S) groups is 1. The third kappa shape index (κ3) is 4.15. The van der Waals surface area contributed by atoms with Gasteiger partial charge in [-0.15, -0.1) is 0 Å². The lowest BCUT2D eigenvalue weighted by molar-refractivity contribution is 0.194. The molecule has 1 aromatic rings. The fourth-order valence-electron chi connectivity index (χ4n) is 1.27. The van der Waals surface area contributed by atoms with Crippen molar-refractivity contribution in [1.29, 1.82) is 0 Å². The molecule has 0 aromatic heterocycles. The summed E-state index contributed by atoms with van der Waals surface area (Å²) in [6, 6.07) is 5.17. The Labute approximate surface area is 104 Å². The van der Waals surface area contributed by atoms with Gasteiger partial charge in [0.2, 0.25) is 0 Å². The number of amides is 1. The van der Waals surface area contributed by atoms with E-state index in [1.54, 1.807) is 18.2 Å². The average molecular weight is 255 g/mol. The second kappa shape index (κ2) is 5.90. The Kier molecular flexibility index (Phi) is 4.53. The van der Waals surface area contributed by atoms with Gasteiger partial charge in [0.1, 0.15) is 5.75 Å². The van der Waals surface area contributed by atoms with Gasteiger partial charge in [-0.3, -0.25) is 0 Å². The first kappa shape index (κ1) is 13.0. The molecule has 0 atom stereocenters. The lowest BCUT2D eigenvalue weighted by atomic mass is 10.2. The number of methoxy groups -OCH3 is 1. The van der Waals surface area contributed by atoms with Crippen molar-refractivity contribution in [1.82, 2.24) is 5.32 Å². The fourth-order valence-corrected chi connectivity index (χ4v) is 1.38. The van der Waals surface area contributed by atoms with E-state index in [0.717, 1.165) is 5.56 Å². The van der Waals surface area contributed by atoms with Crippen molar-refractivity contribution in [3.05, 3.63) is 23.8 Å². The summed E-state index contributed by atoms with van der Waals surface area (Å²) in [5.41, 5.74) is 6.75. The van der Waals surface area contributed by atoms with E-state index in [-0.39, 0.29) is 11.7 Å². The van der Waals surface area contributed by atoms with Gasteiger partial charge in [0.25, 0.3) is 0 Å². The molecule has 5 N–H and O–H groups in total. The normalized spacial score (nSPS) is 9.47. The van der Waals surface area contributed by atoms with Crippen LogP contribution in [0, 0.1) is 0 Å². The highest BCUT2D eigenvalue weighted by atomic mass is 32.1. The van der Waals surface area contributed by atoms with E-state index in [4.69, 9.17) is 27.8 Å². The summed E-state index contributed by atoms with van der Waals surface area (Å²) < 4.78 is 5.11. The summed E-state index contributed by atoms with van der Waals surface area (Å²) in [4.78, 5) is 10.4. The van der Waals surface area contributed by atoms with Gasteiger partial charge < -0.3 is 26.2 Å². The van der Waals surface area contributed by atoms with Gasteiger partial charge in [-0.05, 0) is 29.9 Å². The Hall–Kier alpha value is -2.02. The summed E-state index contributed by atoms with van der Waals surface area (Å²) in [5.74, 6) is 0.580. The van der Waals surface area contributed by atoms with Gasteiger partial charge in [0.15, 0.2) is 5.11 Å². The number of rotatable bonds is 4. The molecule has 0 radical (unpaired) electrons. The minimum Gasteiger partial charge on any atom is -0.495 e. The van der Waals surface area contributed by atoms with Crippen molar-refractivity contribution in [3.63, 3.8) is 0 Å². The molecule has 0 bridgehead atoms. The van der Waals surface area contributed by atoms with Gasteiger partial charge in [-0.25, -0.2) is 4.79 Å². The standard InChI is InChI=1S/C10H13N3O3S/c1-16-8-3-2-6(5-12-10(14)15)4-7(8)13-9(11)17/h2-4,12H,5H2,1H3,(H,14,15)(H3,11,13,17). The van der Waals surface area contributed by atoms with Crippen LogP contribution >= 0.6 is 12.2 Å². The van der Waals surface area contributed by atoms with E-state index >= 15 is 0 Å². The molecule has 0 aliphatic carbocycles. The summed E-state index contributed by atoms with van der Waals surface area (Å²) in [6.07, 6.45) is -1.08. The third-order valence-electron chi connectivity index (χ3n) is 1.97. The van der Waals surface area contributed by atoms with Crippen LogP contribution in [0.25, 0.3) is 0 Å². The molecular formula is C10H13N3O3S. The lowest BCUT2D eigenvalue weighted by Crippen LogP contribution is -2.21. The molecule has 1 aromatic carbocycles. The molecule has 0 heterocycles. The Morgan fingerprint density at radius 2 is 2.29 bits per heavy atom. The summed E-state index contributed by atoms with van der Waals surface area (Å²) in [5, 5.41) is 13.6. The van der Waals surface area contributed by atoms with Crippen LogP contribution in [0.3, 0.4) is 0 Å². The highest BCUT2D eigenvalue weighted by Gasteiger charge is 2.05. The molecule has 1 amide bonds. The van der Waals surface area contributed by atoms with Crippen LogP contribution in [0.4, 0.5) is 10.5 Å². The topological polar surface area (TPSA) is 96.6 Å². The molecule has 7 heteroatoms. The number of ether oxygens (including phenoxy) is 1. The number of benzene rings is 1. The number of carboxylic acid groups (broad SMARTS) is 1. The van der Waals surface area contributed by atoms with Gasteiger partial charge in [-0.2, -0.15) is 0 Å². The summed E-state index contributed by atoms with van der Waals surface area (Å²) in [7, 11) is 1.52. The van der Waals surface area contributed by atoms with Crippen LogP contribution in [0.2, 0.25) is 0 Å². The van der Waals surface area contributed by atoms with Crippen LogP contribution in [0.1, 0.15) is 5.56 Å². The monoisotopic (exact) mass is 255 g/mol. The number of nitrogens with one attached hydrogen (secondary N) is 2. The van der Waals surface area contributed by atoms with E-state index < -0.39 is 6.09 Å². The molecule has 6 nitrogen and oxygen atoms in total. The van der Waals surface area contributed by atoms with Crippen LogP contribution in [0.5, 0.6) is 5.75 Å². The van der Waals surface area contributed by atoms with Gasteiger partial charge in [-0.1, -0.05) is 6.07 Å². The van der Waals surface area contributed by atoms with Crippen molar-refractivity contribution in [2.75, 3.05) is 12.4 Å². The molecule has 0 saturated heterocycles. The maximum Gasteiger partial charge on any atom is 0.404 e. The molecule has 0 spiro atoms. The molecule has 0 aliphatic heterocycles. The summed E-state index contributed by atoms with van der Waals surface area (Å²) >= 11 is 4.74. The first-order valence-corrected chi connectivity index (χ1v) is 5.14. The Bertz CT molecular complexity index is 437. The first-order chi connectivity index (χ1) is 8.02. The number of hydrogen-bond acceptors (Lipinski definition) is 3. The largest absolute Gasteiger partial charge is 0.495 e. The van der Waals surface area contributed by atoms with Crippen molar-refractivity contribution in [2.24, 2.45) is 5.73 Å². The molecule has 0 unspecified atom stereocenters. The number of hydrogen-bond donors (Lipinski definition) is 4. The van der Waals surface area contributed by atoms with E-state index in [1.807, 2.05) is 0 Å². The smallest absolute Gasteiger partial charge is 0.404 e. The second-order valence-corrected chi connectivity index (χ2v) is 3.62. The zero-order valence-electron chi connectivity index (χ0n) is 9.19. The van der Waals surface area contributed by atoms with Gasteiger partial charge in [0, 0.05) is 6.54 Å². The Morgan fingerprint density at radius 1 is 1.59 bits per heavy atom. The van der Waals surface area contributed by atoms with Crippen molar-refractivity contribution in [3.8, 4) is 5.75 Å². The SMILES string of the molecule is COc1ccc(CNC(=O)O)cc1NC(N)=S. The van der Waals surface area contributed by atoms with E-state index in [9.17, 15) is 4.79 Å². The number of carbonyl (C=O) groups is 1. The predicted molar refractivity (Wildman–Crippen MR) is 68.3 cm³/mol. The van der Waals surface area contributed by atoms with Crippen LogP contribution < -0.4 is 21.1 Å².